The second-order valence-electron chi connectivity index (χ2n) is 4.68. The summed E-state index contributed by atoms with van der Waals surface area (Å²) in [5.74, 6) is -2.58. The molecule has 0 radical (unpaired) electrons. The van der Waals surface area contributed by atoms with Crippen LogP contribution < -0.4 is 5.32 Å². The fourth-order valence-corrected chi connectivity index (χ4v) is 1.94. The van der Waals surface area contributed by atoms with Crippen molar-refractivity contribution in [2.45, 2.75) is 13.3 Å². The fourth-order valence-electron chi connectivity index (χ4n) is 1.94. The van der Waals surface area contributed by atoms with Gasteiger partial charge in [0.05, 0.1) is 0 Å². The predicted octanol–water partition coefficient (Wildman–Crippen LogP) is 3.06. The molecule has 1 amide bonds. The summed E-state index contributed by atoms with van der Waals surface area (Å²) in [4.78, 5) is 12.0. The van der Waals surface area contributed by atoms with Gasteiger partial charge in [-0.15, -0.1) is 0 Å². The van der Waals surface area contributed by atoms with E-state index in [2.05, 4.69) is 5.32 Å². The van der Waals surface area contributed by atoms with Gasteiger partial charge >= 0.3 is 0 Å². The number of nitrogens with one attached hydrogen (secondary N) is 1. The third-order valence-electron chi connectivity index (χ3n) is 3.12. The van der Waals surface area contributed by atoms with Crippen molar-refractivity contribution in [2.75, 3.05) is 11.9 Å². The third-order valence-corrected chi connectivity index (χ3v) is 3.12. The Morgan fingerprint density at radius 1 is 1.14 bits per heavy atom. The summed E-state index contributed by atoms with van der Waals surface area (Å²) < 4.78 is 27.5. The Morgan fingerprint density at radius 2 is 1.81 bits per heavy atom. The standard InChI is InChI=1S/C16H15F2NO2/c1-10-2-7-13(17)14(15(10)18)16(21)19-12-5-3-11(4-6-12)8-9-20/h2-7,20H,8-9H2,1H3,(H,19,21). The van der Waals surface area contributed by atoms with Crippen LogP contribution in [0.3, 0.4) is 0 Å². The maximum absolute atomic E-state index is 13.9. The lowest BCUT2D eigenvalue weighted by Crippen LogP contribution is -2.16. The molecular weight excluding hydrogens is 276 g/mol. The second kappa shape index (κ2) is 6.45. The number of aryl methyl sites for hydroxylation is 1. The lowest BCUT2D eigenvalue weighted by molar-refractivity contribution is 0.101. The summed E-state index contributed by atoms with van der Waals surface area (Å²) in [7, 11) is 0. The number of rotatable bonds is 4. The molecule has 2 aromatic rings. The van der Waals surface area contributed by atoms with E-state index >= 15 is 0 Å². The predicted molar refractivity (Wildman–Crippen MR) is 76.3 cm³/mol. The minimum Gasteiger partial charge on any atom is -0.396 e. The van der Waals surface area contributed by atoms with Crippen molar-refractivity contribution in [3.05, 3.63) is 64.7 Å². The van der Waals surface area contributed by atoms with Crippen molar-refractivity contribution in [3.8, 4) is 0 Å². The molecule has 0 spiro atoms. The highest BCUT2D eigenvalue weighted by atomic mass is 19.1. The molecule has 0 saturated carbocycles. The van der Waals surface area contributed by atoms with Crippen LogP contribution >= 0.6 is 0 Å². The minimum atomic E-state index is -0.896. The number of aliphatic hydroxyl groups excluding tert-OH is 1. The van der Waals surface area contributed by atoms with Gasteiger partial charge in [0.25, 0.3) is 5.91 Å². The molecule has 0 saturated heterocycles. The Labute approximate surface area is 121 Å². The zero-order chi connectivity index (χ0) is 15.4. The van der Waals surface area contributed by atoms with Gasteiger partial charge in [-0.2, -0.15) is 0 Å². The number of benzene rings is 2. The summed E-state index contributed by atoms with van der Waals surface area (Å²) in [5.41, 5.74) is 0.958. The van der Waals surface area contributed by atoms with Gasteiger partial charge in [0.2, 0.25) is 0 Å². The molecule has 2 N–H and O–H groups in total. The van der Waals surface area contributed by atoms with E-state index in [-0.39, 0.29) is 12.2 Å². The topological polar surface area (TPSA) is 49.3 Å². The molecule has 0 aliphatic heterocycles. The number of hydrogen-bond donors (Lipinski definition) is 2. The summed E-state index contributed by atoms with van der Waals surface area (Å²) in [6, 6.07) is 9.05. The lowest BCUT2D eigenvalue weighted by Gasteiger charge is -2.09. The van der Waals surface area contributed by atoms with Gasteiger partial charge in [0.15, 0.2) is 0 Å². The molecule has 0 unspecified atom stereocenters. The first-order valence-electron chi connectivity index (χ1n) is 6.48. The van der Waals surface area contributed by atoms with Crippen LogP contribution in [0.1, 0.15) is 21.5 Å². The molecule has 110 valence electrons. The largest absolute Gasteiger partial charge is 0.396 e. The van der Waals surface area contributed by atoms with E-state index in [4.69, 9.17) is 5.11 Å². The minimum absolute atomic E-state index is 0.0332. The van der Waals surface area contributed by atoms with Gasteiger partial charge < -0.3 is 10.4 Å². The number of hydrogen-bond acceptors (Lipinski definition) is 2. The van der Waals surface area contributed by atoms with Gasteiger partial charge in [-0.05, 0) is 42.7 Å². The van der Waals surface area contributed by atoms with Gasteiger partial charge in [0.1, 0.15) is 17.2 Å². The van der Waals surface area contributed by atoms with Crippen LogP contribution in [-0.4, -0.2) is 17.6 Å². The summed E-state index contributed by atoms with van der Waals surface area (Å²) in [5, 5.41) is 11.3. The molecule has 0 atom stereocenters. The van der Waals surface area contributed by atoms with Crippen molar-refractivity contribution in [2.24, 2.45) is 0 Å². The quantitative estimate of drug-likeness (QED) is 0.909. The molecule has 0 heterocycles. The number of carbonyl (C=O) groups excluding carboxylic acids is 1. The van der Waals surface area contributed by atoms with E-state index < -0.39 is 23.1 Å². The normalized spacial score (nSPS) is 10.5. The lowest BCUT2D eigenvalue weighted by atomic mass is 10.1. The Morgan fingerprint density at radius 3 is 2.43 bits per heavy atom. The molecule has 0 aliphatic rings. The van der Waals surface area contributed by atoms with E-state index in [1.54, 1.807) is 24.3 Å². The first-order chi connectivity index (χ1) is 10.0. The molecule has 2 aromatic carbocycles. The van der Waals surface area contributed by atoms with Crippen LogP contribution in [0, 0.1) is 18.6 Å². The van der Waals surface area contributed by atoms with Crippen LogP contribution in [0.4, 0.5) is 14.5 Å². The number of aliphatic hydroxyl groups is 1. The van der Waals surface area contributed by atoms with Gasteiger partial charge in [-0.1, -0.05) is 18.2 Å². The van der Waals surface area contributed by atoms with E-state index in [9.17, 15) is 13.6 Å². The van der Waals surface area contributed by atoms with E-state index in [0.717, 1.165) is 11.6 Å². The van der Waals surface area contributed by atoms with Crippen LogP contribution in [0.15, 0.2) is 36.4 Å². The van der Waals surface area contributed by atoms with Gasteiger partial charge in [-0.3, -0.25) is 4.79 Å². The molecule has 0 aromatic heterocycles. The van der Waals surface area contributed by atoms with E-state index in [1.165, 1.54) is 13.0 Å². The molecule has 21 heavy (non-hydrogen) atoms. The molecule has 0 bridgehead atoms. The molecule has 2 rings (SSSR count). The monoisotopic (exact) mass is 291 g/mol. The van der Waals surface area contributed by atoms with Crippen molar-refractivity contribution in [1.29, 1.82) is 0 Å². The Balaban J connectivity index is 2.20. The third kappa shape index (κ3) is 3.44. The highest BCUT2D eigenvalue weighted by Crippen LogP contribution is 2.18. The molecular formula is C16H15F2NO2. The number of anilines is 1. The maximum Gasteiger partial charge on any atom is 0.261 e. The van der Waals surface area contributed by atoms with E-state index in [1.807, 2.05) is 0 Å². The zero-order valence-electron chi connectivity index (χ0n) is 11.5. The zero-order valence-corrected chi connectivity index (χ0v) is 11.5. The average molecular weight is 291 g/mol. The number of carbonyl (C=O) groups is 1. The van der Waals surface area contributed by atoms with Crippen molar-refractivity contribution in [1.82, 2.24) is 0 Å². The number of amides is 1. The summed E-state index contributed by atoms with van der Waals surface area (Å²) >= 11 is 0. The highest BCUT2D eigenvalue weighted by Gasteiger charge is 2.19. The first-order valence-corrected chi connectivity index (χ1v) is 6.48. The summed E-state index contributed by atoms with van der Waals surface area (Å²) in [6.07, 6.45) is 0.509. The summed E-state index contributed by atoms with van der Waals surface area (Å²) in [6.45, 7) is 1.50. The Hall–Kier alpha value is -2.27. The number of halogens is 2. The van der Waals surface area contributed by atoms with Crippen molar-refractivity contribution < 1.29 is 18.7 Å². The second-order valence-corrected chi connectivity index (χ2v) is 4.68. The molecule has 0 aliphatic carbocycles. The smallest absolute Gasteiger partial charge is 0.261 e. The highest BCUT2D eigenvalue weighted by molar-refractivity contribution is 6.04. The van der Waals surface area contributed by atoms with Crippen LogP contribution in [0.25, 0.3) is 0 Å². The van der Waals surface area contributed by atoms with Crippen LogP contribution in [-0.2, 0) is 6.42 Å². The first kappa shape index (κ1) is 15.1. The Bertz CT molecular complexity index is 654. The van der Waals surface area contributed by atoms with Crippen LogP contribution in [0.5, 0.6) is 0 Å². The van der Waals surface area contributed by atoms with Gasteiger partial charge in [-0.25, -0.2) is 8.78 Å². The van der Waals surface area contributed by atoms with E-state index in [0.29, 0.717) is 12.1 Å². The van der Waals surface area contributed by atoms with Crippen LogP contribution in [0.2, 0.25) is 0 Å². The van der Waals surface area contributed by atoms with Crippen molar-refractivity contribution >= 4 is 11.6 Å². The maximum atomic E-state index is 13.9. The fraction of sp³-hybridized carbons (Fsp3) is 0.188. The molecule has 5 heteroatoms. The molecule has 3 nitrogen and oxygen atoms in total. The molecule has 0 fully saturated rings. The Kier molecular flexibility index (Phi) is 4.65. The van der Waals surface area contributed by atoms with Crippen molar-refractivity contribution in [3.63, 3.8) is 0 Å². The average Bonchev–Trinajstić information content (AvgIpc) is 2.46. The SMILES string of the molecule is Cc1ccc(F)c(C(=O)Nc2ccc(CCO)cc2)c1F. The van der Waals surface area contributed by atoms with Gasteiger partial charge in [0, 0.05) is 12.3 Å².